The number of allylic oxidation sites excluding steroid dienone is 2. The minimum Gasteiger partial charge on any atom is -0.126 e. The van der Waals surface area contributed by atoms with E-state index in [1.165, 1.54) is 16.7 Å². The normalized spacial score (nSPS) is 11.4. The molecule has 0 amide bonds. The molecule has 19 heavy (non-hydrogen) atoms. The lowest BCUT2D eigenvalue weighted by molar-refractivity contribution is 0.874. The molecule has 0 saturated carbocycles. The Hall–Kier alpha value is 0.0469. The summed E-state index contributed by atoms with van der Waals surface area (Å²) < 4.78 is 0. The lowest BCUT2D eigenvalue weighted by atomic mass is 9.95. The van der Waals surface area contributed by atoms with Gasteiger partial charge in [0.05, 0.1) is 0 Å². The van der Waals surface area contributed by atoms with Crippen molar-refractivity contribution in [3.8, 4) is 0 Å². The molecule has 0 N–H and O–H groups in total. The smallest absolute Gasteiger partial charge is 0.126 e. The molecule has 0 fully saturated rings. The van der Waals surface area contributed by atoms with Crippen molar-refractivity contribution in [3.05, 3.63) is 47.0 Å². The first-order valence-electron chi connectivity index (χ1n) is 6.76. The highest BCUT2D eigenvalue weighted by molar-refractivity contribution is 7.64. The molecule has 1 rings (SSSR count). The summed E-state index contributed by atoms with van der Waals surface area (Å²) in [6.45, 7) is 4.41. The molecule has 1 aromatic rings. The van der Waals surface area contributed by atoms with E-state index in [4.69, 9.17) is 33.2 Å². The molecule has 106 valence electrons. The Kier molecular flexibility index (Phi) is 7.52. The second-order valence-corrected chi connectivity index (χ2v) is 14.0. The number of halogens is 3. The monoisotopic (exact) mass is 334 g/mol. The molecule has 0 atom stereocenters. The van der Waals surface area contributed by atoms with E-state index in [1.54, 1.807) is 0 Å². The quantitative estimate of drug-likeness (QED) is 0.307. The van der Waals surface area contributed by atoms with Crippen molar-refractivity contribution in [2.24, 2.45) is 0 Å². The summed E-state index contributed by atoms with van der Waals surface area (Å²) in [5.41, 5.74) is 4.30. The molecule has 0 bridgehead atoms. The highest BCUT2D eigenvalue weighted by Crippen LogP contribution is 2.31. The second kappa shape index (κ2) is 8.36. The first-order chi connectivity index (χ1) is 8.96. The van der Waals surface area contributed by atoms with Crippen molar-refractivity contribution >= 4 is 39.2 Å². The van der Waals surface area contributed by atoms with Gasteiger partial charge in [0.1, 0.15) is 0 Å². The second-order valence-electron chi connectivity index (χ2n) is 4.69. The Balaban J connectivity index is 2.84. The molecule has 0 aliphatic heterocycles. The Bertz CT molecular complexity index is 401. The zero-order chi connectivity index (χ0) is 14.3. The fourth-order valence-corrected chi connectivity index (χ4v) is 3.71. The van der Waals surface area contributed by atoms with Crippen LogP contribution in [0.3, 0.4) is 0 Å². The predicted octanol–water partition coefficient (Wildman–Crippen LogP) is 6.39. The average Bonchev–Trinajstić information content (AvgIpc) is 2.37. The maximum absolute atomic E-state index is 6.02. The zero-order valence-corrected chi connectivity index (χ0v) is 14.8. The maximum atomic E-state index is 6.02. The fourth-order valence-electron chi connectivity index (χ4n) is 2.28. The number of hydrogen-bond donors (Lipinski definition) is 0. The standard InChI is InChI=1S/C15H21Cl3Si/c1-3-14(4-2)15(10-11-19(16,17)18)12-13-8-6-5-7-9-13/h5-9H,3-4,10-12H2,1-2H3. The molecule has 0 nitrogen and oxygen atoms in total. The summed E-state index contributed by atoms with van der Waals surface area (Å²) in [6.07, 6.45) is 4.06. The Morgan fingerprint density at radius 1 is 0.947 bits per heavy atom. The Morgan fingerprint density at radius 2 is 1.53 bits per heavy atom. The third-order valence-electron chi connectivity index (χ3n) is 3.32. The van der Waals surface area contributed by atoms with Gasteiger partial charge in [-0.1, -0.05) is 55.3 Å². The molecule has 0 radical (unpaired) electrons. The molecule has 0 heterocycles. The van der Waals surface area contributed by atoms with Gasteiger partial charge in [0.2, 0.25) is 0 Å². The summed E-state index contributed by atoms with van der Waals surface area (Å²) >= 11 is 18.1. The highest BCUT2D eigenvalue weighted by atomic mass is 35.8. The Morgan fingerprint density at radius 3 is 2.00 bits per heavy atom. The van der Waals surface area contributed by atoms with E-state index in [0.29, 0.717) is 6.04 Å². The van der Waals surface area contributed by atoms with Crippen molar-refractivity contribution in [3.63, 3.8) is 0 Å². The molecule has 0 saturated heterocycles. The molecule has 0 aromatic heterocycles. The van der Waals surface area contributed by atoms with Gasteiger partial charge in [-0.2, -0.15) is 0 Å². The molecule has 0 aliphatic rings. The molecule has 0 spiro atoms. The van der Waals surface area contributed by atoms with Crippen molar-refractivity contribution in [2.45, 2.75) is 45.6 Å². The van der Waals surface area contributed by atoms with Crippen LogP contribution in [0.15, 0.2) is 41.5 Å². The van der Waals surface area contributed by atoms with Crippen molar-refractivity contribution in [2.75, 3.05) is 0 Å². The molecular weight excluding hydrogens is 315 g/mol. The van der Waals surface area contributed by atoms with E-state index >= 15 is 0 Å². The number of rotatable bonds is 7. The van der Waals surface area contributed by atoms with Crippen LogP contribution < -0.4 is 0 Å². The van der Waals surface area contributed by atoms with E-state index in [-0.39, 0.29) is 0 Å². The van der Waals surface area contributed by atoms with E-state index in [2.05, 4.69) is 38.1 Å². The van der Waals surface area contributed by atoms with Gasteiger partial charge in [0, 0.05) is 0 Å². The predicted molar refractivity (Wildman–Crippen MR) is 90.5 cm³/mol. The number of benzene rings is 1. The minimum absolute atomic E-state index is 0.712. The van der Waals surface area contributed by atoms with E-state index < -0.39 is 6.00 Å². The van der Waals surface area contributed by atoms with Crippen LogP contribution in [-0.2, 0) is 6.42 Å². The van der Waals surface area contributed by atoms with E-state index in [1.807, 2.05) is 6.07 Å². The van der Waals surface area contributed by atoms with Crippen LogP contribution in [0.2, 0.25) is 6.04 Å². The topological polar surface area (TPSA) is 0 Å². The van der Waals surface area contributed by atoms with Gasteiger partial charge < -0.3 is 0 Å². The van der Waals surface area contributed by atoms with Crippen LogP contribution in [0.5, 0.6) is 0 Å². The lowest BCUT2D eigenvalue weighted by Crippen LogP contribution is -2.10. The fraction of sp³-hybridized carbons (Fsp3) is 0.467. The maximum Gasteiger partial charge on any atom is 0.341 e. The first kappa shape index (κ1) is 17.1. The largest absolute Gasteiger partial charge is 0.341 e. The van der Waals surface area contributed by atoms with Crippen molar-refractivity contribution in [1.29, 1.82) is 0 Å². The van der Waals surface area contributed by atoms with Gasteiger partial charge >= 0.3 is 6.00 Å². The molecule has 1 aromatic carbocycles. The van der Waals surface area contributed by atoms with Crippen LogP contribution in [0.1, 0.15) is 38.7 Å². The van der Waals surface area contributed by atoms with E-state index in [9.17, 15) is 0 Å². The third-order valence-corrected chi connectivity index (χ3v) is 5.84. The number of hydrogen-bond acceptors (Lipinski definition) is 0. The lowest BCUT2D eigenvalue weighted by Gasteiger charge is -2.16. The van der Waals surface area contributed by atoms with Crippen LogP contribution in [0.4, 0.5) is 0 Å². The van der Waals surface area contributed by atoms with Crippen molar-refractivity contribution in [1.82, 2.24) is 0 Å². The first-order valence-corrected chi connectivity index (χ1v) is 12.0. The Labute approximate surface area is 131 Å². The summed E-state index contributed by atoms with van der Waals surface area (Å²) in [7, 11) is 0. The SMILES string of the molecule is CCC(CC)=C(CC[Si](Cl)(Cl)Cl)Cc1ccccc1. The molecule has 0 aliphatic carbocycles. The van der Waals surface area contributed by atoms with Gasteiger partial charge in [-0.05, 0) is 37.3 Å². The average molecular weight is 336 g/mol. The minimum atomic E-state index is -2.53. The molecular formula is C15H21Cl3Si. The van der Waals surface area contributed by atoms with Gasteiger partial charge in [0.15, 0.2) is 0 Å². The van der Waals surface area contributed by atoms with E-state index in [0.717, 1.165) is 25.7 Å². The molecule has 4 heteroatoms. The summed E-state index contributed by atoms with van der Waals surface area (Å²) in [5.74, 6) is 0. The van der Waals surface area contributed by atoms with Gasteiger partial charge in [-0.3, -0.25) is 0 Å². The summed E-state index contributed by atoms with van der Waals surface area (Å²) in [5, 5.41) is 0. The highest BCUT2D eigenvalue weighted by Gasteiger charge is 2.25. The summed E-state index contributed by atoms with van der Waals surface area (Å²) in [4.78, 5) is 0. The van der Waals surface area contributed by atoms with Crippen LogP contribution in [0.25, 0.3) is 0 Å². The summed E-state index contributed by atoms with van der Waals surface area (Å²) in [6, 6.07) is 8.71. The van der Waals surface area contributed by atoms with Crippen molar-refractivity contribution < 1.29 is 0 Å². The zero-order valence-electron chi connectivity index (χ0n) is 11.6. The van der Waals surface area contributed by atoms with Crippen LogP contribution in [0, 0.1) is 0 Å². The van der Waals surface area contributed by atoms with Gasteiger partial charge in [-0.25, -0.2) is 0 Å². The van der Waals surface area contributed by atoms with Gasteiger partial charge in [-0.15, -0.1) is 33.2 Å². The van der Waals surface area contributed by atoms with Crippen LogP contribution >= 0.6 is 33.2 Å². The van der Waals surface area contributed by atoms with Crippen LogP contribution in [-0.4, -0.2) is 6.00 Å². The molecule has 0 unspecified atom stereocenters. The third kappa shape index (κ3) is 6.85. The van der Waals surface area contributed by atoms with Gasteiger partial charge in [0.25, 0.3) is 0 Å².